The average Bonchev–Trinajstić information content (AvgIpc) is 3.18. The summed E-state index contributed by atoms with van der Waals surface area (Å²) in [5.41, 5.74) is 1.93. The first-order valence-corrected chi connectivity index (χ1v) is 10.5. The standard InChI is InChI=1S/C15H20N4O3S2/c1-18-9-13(8-17-18)14-11-24(21,22)7-5-19(14)15(20)16-4-2-12-3-6-23-10-12/h3,6,8-10,14H,2,4-5,7,11H2,1H3,(H,16,20)/t14-/m0/s1. The number of sulfone groups is 1. The average molecular weight is 368 g/mol. The van der Waals surface area contributed by atoms with E-state index in [1.54, 1.807) is 40.4 Å². The molecule has 1 aliphatic heterocycles. The molecule has 1 saturated heterocycles. The Morgan fingerprint density at radius 1 is 1.50 bits per heavy atom. The topological polar surface area (TPSA) is 84.3 Å². The van der Waals surface area contributed by atoms with Crippen molar-refractivity contribution in [3.8, 4) is 0 Å². The molecule has 1 N–H and O–H groups in total. The third-order valence-electron chi connectivity index (χ3n) is 4.07. The third kappa shape index (κ3) is 3.96. The highest BCUT2D eigenvalue weighted by atomic mass is 32.2. The molecule has 0 bridgehead atoms. The number of amides is 2. The van der Waals surface area contributed by atoms with Crippen LogP contribution in [-0.2, 0) is 23.3 Å². The van der Waals surface area contributed by atoms with Crippen molar-refractivity contribution in [3.63, 3.8) is 0 Å². The maximum Gasteiger partial charge on any atom is 0.317 e. The first-order chi connectivity index (χ1) is 11.4. The van der Waals surface area contributed by atoms with Gasteiger partial charge in [-0.3, -0.25) is 4.68 Å². The van der Waals surface area contributed by atoms with E-state index < -0.39 is 15.9 Å². The highest BCUT2D eigenvalue weighted by Gasteiger charge is 2.35. The van der Waals surface area contributed by atoms with E-state index >= 15 is 0 Å². The lowest BCUT2D eigenvalue weighted by Crippen LogP contribution is -2.50. The summed E-state index contributed by atoms with van der Waals surface area (Å²) in [6, 6.07) is 1.32. The Hall–Kier alpha value is -1.87. The van der Waals surface area contributed by atoms with Crippen molar-refractivity contribution < 1.29 is 13.2 Å². The Balaban J connectivity index is 1.68. The quantitative estimate of drug-likeness (QED) is 0.879. The molecule has 3 heterocycles. The van der Waals surface area contributed by atoms with Gasteiger partial charge < -0.3 is 10.2 Å². The molecule has 24 heavy (non-hydrogen) atoms. The van der Waals surface area contributed by atoms with E-state index in [1.807, 2.05) is 11.4 Å². The monoisotopic (exact) mass is 368 g/mol. The number of hydrogen-bond donors (Lipinski definition) is 1. The van der Waals surface area contributed by atoms with E-state index in [0.717, 1.165) is 12.0 Å². The molecule has 9 heteroatoms. The number of nitrogens with one attached hydrogen (secondary N) is 1. The molecule has 130 valence electrons. The summed E-state index contributed by atoms with van der Waals surface area (Å²) in [6.07, 6.45) is 4.15. The fourth-order valence-corrected chi connectivity index (χ4v) is 4.99. The van der Waals surface area contributed by atoms with Gasteiger partial charge in [-0.15, -0.1) is 0 Å². The van der Waals surface area contributed by atoms with Gasteiger partial charge in [0.2, 0.25) is 0 Å². The number of aryl methyl sites for hydroxylation is 1. The summed E-state index contributed by atoms with van der Waals surface area (Å²) >= 11 is 1.63. The summed E-state index contributed by atoms with van der Waals surface area (Å²) in [7, 11) is -1.38. The van der Waals surface area contributed by atoms with Gasteiger partial charge in [0.05, 0.1) is 23.7 Å². The molecule has 0 aromatic carbocycles. The van der Waals surface area contributed by atoms with Gasteiger partial charge >= 0.3 is 6.03 Å². The lowest BCUT2D eigenvalue weighted by atomic mass is 10.1. The first-order valence-electron chi connectivity index (χ1n) is 7.69. The van der Waals surface area contributed by atoms with Crippen LogP contribution in [0.15, 0.2) is 29.2 Å². The van der Waals surface area contributed by atoms with Crippen LogP contribution in [0.4, 0.5) is 4.79 Å². The van der Waals surface area contributed by atoms with Gasteiger partial charge in [-0.1, -0.05) is 0 Å². The minimum Gasteiger partial charge on any atom is -0.338 e. The Kier molecular flexibility index (Phi) is 4.91. The number of hydrogen-bond acceptors (Lipinski definition) is 5. The van der Waals surface area contributed by atoms with Crippen LogP contribution in [0.3, 0.4) is 0 Å². The normalized spacial score (nSPS) is 20.0. The van der Waals surface area contributed by atoms with E-state index in [-0.39, 0.29) is 24.1 Å². The van der Waals surface area contributed by atoms with Gasteiger partial charge in [0.1, 0.15) is 0 Å². The molecule has 0 saturated carbocycles. The van der Waals surface area contributed by atoms with Crippen molar-refractivity contribution in [3.05, 3.63) is 40.3 Å². The lowest BCUT2D eigenvalue weighted by molar-refractivity contribution is 0.181. The largest absolute Gasteiger partial charge is 0.338 e. The molecule has 2 amide bonds. The van der Waals surface area contributed by atoms with E-state index in [2.05, 4.69) is 15.8 Å². The molecule has 1 atom stereocenters. The molecule has 1 aliphatic rings. The van der Waals surface area contributed by atoms with Gasteiger partial charge in [-0.2, -0.15) is 16.4 Å². The van der Waals surface area contributed by atoms with Gasteiger partial charge in [0.15, 0.2) is 9.84 Å². The van der Waals surface area contributed by atoms with Crippen LogP contribution in [0.2, 0.25) is 0 Å². The second-order valence-corrected chi connectivity index (χ2v) is 8.89. The van der Waals surface area contributed by atoms with Gasteiger partial charge in [0.25, 0.3) is 0 Å². The molecule has 0 unspecified atom stereocenters. The second kappa shape index (κ2) is 6.94. The Morgan fingerprint density at radius 2 is 2.33 bits per heavy atom. The first kappa shape index (κ1) is 17.0. The summed E-state index contributed by atoms with van der Waals surface area (Å²) < 4.78 is 25.6. The Bertz CT molecular complexity index is 799. The second-order valence-electron chi connectivity index (χ2n) is 5.88. The lowest BCUT2D eigenvalue weighted by Gasteiger charge is -2.35. The number of carbonyl (C=O) groups excluding carboxylic acids is 1. The third-order valence-corrected chi connectivity index (χ3v) is 6.43. The molecule has 2 aromatic rings. The van der Waals surface area contributed by atoms with Crippen molar-refractivity contribution >= 4 is 27.2 Å². The summed E-state index contributed by atoms with van der Waals surface area (Å²) in [5.74, 6) is -0.0572. The fraction of sp³-hybridized carbons (Fsp3) is 0.467. The van der Waals surface area contributed by atoms with E-state index in [0.29, 0.717) is 6.54 Å². The zero-order valence-electron chi connectivity index (χ0n) is 13.4. The molecule has 3 rings (SSSR count). The van der Waals surface area contributed by atoms with Crippen molar-refractivity contribution in [2.45, 2.75) is 12.5 Å². The zero-order chi connectivity index (χ0) is 17.2. The van der Waals surface area contributed by atoms with E-state index in [4.69, 9.17) is 0 Å². The number of nitrogens with zero attached hydrogens (tertiary/aromatic N) is 3. The van der Waals surface area contributed by atoms with E-state index in [1.165, 1.54) is 5.56 Å². The maximum atomic E-state index is 12.5. The summed E-state index contributed by atoms with van der Waals surface area (Å²) in [4.78, 5) is 14.1. The van der Waals surface area contributed by atoms with Crippen LogP contribution < -0.4 is 5.32 Å². The Labute approximate surface area is 145 Å². The molecule has 0 spiro atoms. The maximum absolute atomic E-state index is 12.5. The van der Waals surface area contributed by atoms with Crippen LogP contribution in [0.1, 0.15) is 17.2 Å². The molecule has 1 fully saturated rings. The highest BCUT2D eigenvalue weighted by molar-refractivity contribution is 7.91. The SMILES string of the molecule is Cn1cc([C@@H]2CS(=O)(=O)CCN2C(=O)NCCc2ccsc2)cn1. The van der Waals surface area contributed by atoms with Crippen LogP contribution in [0.5, 0.6) is 0 Å². The molecular weight excluding hydrogens is 348 g/mol. The predicted molar refractivity (Wildman–Crippen MR) is 92.7 cm³/mol. The Morgan fingerprint density at radius 3 is 3.00 bits per heavy atom. The minimum atomic E-state index is -3.15. The molecule has 2 aromatic heterocycles. The summed E-state index contributed by atoms with van der Waals surface area (Å²) in [5, 5.41) is 11.0. The van der Waals surface area contributed by atoms with Crippen molar-refractivity contribution in [2.24, 2.45) is 7.05 Å². The molecule has 7 nitrogen and oxygen atoms in total. The van der Waals surface area contributed by atoms with Crippen LogP contribution in [0, 0.1) is 0 Å². The van der Waals surface area contributed by atoms with Gasteiger partial charge in [-0.05, 0) is 28.8 Å². The minimum absolute atomic E-state index is 0.00170. The smallest absolute Gasteiger partial charge is 0.317 e. The highest BCUT2D eigenvalue weighted by Crippen LogP contribution is 2.26. The van der Waals surface area contributed by atoms with Crippen LogP contribution in [-0.4, -0.2) is 53.7 Å². The molecule has 0 aliphatic carbocycles. The van der Waals surface area contributed by atoms with E-state index in [9.17, 15) is 13.2 Å². The zero-order valence-corrected chi connectivity index (χ0v) is 15.0. The van der Waals surface area contributed by atoms with Crippen LogP contribution in [0.25, 0.3) is 0 Å². The number of aromatic nitrogens is 2. The fourth-order valence-electron chi connectivity index (χ4n) is 2.79. The van der Waals surface area contributed by atoms with Crippen LogP contribution >= 0.6 is 11.3 Å². The number of rotatable bonds is 4. The number of urea groups is 1. The number of thiophene rings is 1. The predicted octanol–water partition coefficient (Wildman–Crippen LogP) is 1.21. The molecular formula is C15H20N4O3S2. The summed E-state index contributed by atoms with van der Waals surface area (Å²) in [6.45, 7) is 0.727. The van der Waals surface area contributed by atoms with Crippen molar-refractivity contribution in [1.82, 2.24) is 20.0 Å². The number of carbonyl (C=O) groups is 1. The van der Waals surface area contributed by atoms with Gasteiger partial charge in [-0.25, -0.2) is 13.2 Å². The van der Waals surface area contributed by atoms with Gasteiger partial charge in [0, 0.05) is 31.9 Å². The molecule has 0 radical (unpaired) electrons. The van der Waals surface area contributed by atoms with Crippen molar-refractivity contribution in [2.75, 3.05) is 24.6 Å². The van der Waals surface area contributed by atoms with Crippen molar-refractivity contribution in [1.29, 1.82) is 0 Å².